The van der Waals surface area contributed by atoms with Crippen LogP contribution in [0.3, 0.4) is 0 Å². The summed E-state index contributed by atoms with van der Waals surface area (Å²) in [5.41, 5.74) is 1.58. The van der Waals surface area contributed by atoms with Gasteiger partial charge in [-0.15, -0.1) is 0 Å². The van der Waals surface area contributed by atoms with E-state index in [0.29, 0.717) is 17.4 Å². The molecule has 3 rings (SSSR count). The van der Waals surface area contributed by atoms with Crippen LogP contribution in [0.5, 0.6) is 0 Å². The molecule has 0 radical (unpaired) electrons. The van der Waals surface area contributed by atoms with Gasteiger partial charge in [-0.05, 0) is 31.4 Å². The van der Waals surface area contributed by atoms with E-state index < -0.39 is 0 Å². The van der Waals surface area contributed by atoms with Crippen LogP contribution in [0, 0.1) is 0 Å². The van der Waals surface area contributed by atoms with Crippen LogP contribution in [0.4, 0.5) is 0 Å². The number of hydrogen-bond donors (Lipinski definition) is 0. The Bertz CT molecular complexity index is 564. The van der Waals surface area contributed by atoms with Crippen LogP contribution in [0.1, 0.15) is 25.0 Å². The van der Waals surface area contributed by atoms with E-state index in [2.05, 4.69) is 5.16 Å². The number of hydrogen-bond acceptors (Lipinski definition) is 4. The first-order chi connectivity index (χ1) is 9.83. The highest BCUT2D eigenvalue weighted by Gasteiger charge is 2.16. The van der Waals surface area contributed by atoms with Crippen molar-refractivity contribution in [3.63, 3.8) is 0 Å². The summed E-state index contributed by atoms with van der Waals surface area (Å²) in [7, 11) is 0. The third-order valence-corrected chi connectivity index (χ3v) is 3.58. The van der Waals surface area contributed by atoms with Gasteiger partial charge in [0.15, 0.2) is 12.1 Å². The molecule has 0 bridgehead atoms. The second-order valence-electron chi connectivity index (χ2n) is 4.77. The SMILES string of the molecule is Clc1ccccc1-c1cc(COC2CCCCO2)no1. The normalized spacial score (nSPS) is 19.1. The van der Waals surface area contributed by atoms with Gasteiger partial charge >= 0.3 is 0 Å². The van der Waals surface area contributed by atoms with Gasteiger partial charge in [0.2, 0.25) is 0 Å². The smallest absolute Gasteiger partial charge is 0.168 e. The number of benzene rings is 1. The molecular formula is C15H16ClNO3. The predicted molar refractivity (Wildman–Crippen MR) is 75.3 cm³/mol. The Morgan fingerprint density at radius 1 is 1.30 bits per heavy atom. The second-order valence-corrected chi connectivity index (χ2v) is 5.18. The lowest BCUT2D eigenvalue weighted by molar-refractivity contribution is -0.169. The average molecular weight is 294 g/mol. The summed E-state index contributed by atoms with van der Waals surface area (Å²) >= 11 is 6.13. The fraction of sp³-hybridized carbons (Fsp3) is 0.400. The molecule has 1 unspecified atom stereocenters. The van der Waals surface area contributed by atoms with Crippen molar-refractivity contribution in [1.29, 1.82) is 0 Å². The van der Waals surface area contributed by atoms with Crippen LogP contribution in [-0.2, 0) is 16.1 Å². The highest BCUT2D eigenvalue weighted by molar-refractivity contribution is 6.33. The predicted octanol–water partition coefficient (Wildman–Crippen LogP) is 4.04. The van der Waals surface area contributed by atoms with Crippen LogP contribution in [0.25, 0.3) is 11.3 Å². The summed E-state index contributed by atoms with van der Waals surface area (Å²) in [6.07, 6.45) is 3.08. The Hall–Kier alpha value is -1.36. The molecule has 1 aliphatic heterocycles. The number of rotatable bonds is 4. The maximum absolute atomic E-state index is 6.13. The van der Waals surface area contributed by atoms with Gasteiger partial charge in [0.25, 0.3) is 0 Å². The molecule has 1 aliphatic rings. The average Bonchev–Trinajstić information content (AvgIpc) is 2.95. The zero-order valence-corrected chi connectivity index (χ0v) is 11.8. The quantitative estimate of drug-likeness (QED) is 0.853. The van der Waals surface area contributed by atoms with Crippen molar-refractivity contribution in [1.82, 2.24) is 5.16 Å². The first kappa shape index (κ1) is 13.6. The van der Waals surface area contributed by atoms with Gasteiger partial charge in [-0.2, -0.15) is 0 Å². The molecule has 0 saturated carbocycles. The Labute approximate surface area is 122 Å². The molecule has 1 aromatic heterocycles. The van der Waals surface area contributed by atoms with Gasteiger partial charge < -0.3 is 14.0 Å². The Balaban J connectivity index is 1.63. The molecule has 0 N–H and O–H groups in total. The van der Waals surface area contributed by atoms with Crippen LogP contribution in [-0.4, -0.2) is 18.1 Å². The fourth-order valence-corrected chi connectivity index (χ4v) is 2.42. The minimum absolute atomic E-state index is 0.121. The van der Waals surface area contributed by atoms with Crippen molar-refractivity contribution < 1.29 is 14.0 Å². The monoisotopic (exact) mass is 293 g/mol. The number of halogens is 1. The maximum atomic E-state index is 6.13. The topological polar surface area (TPSA) is 44.5 Å². The lowest BCUT2D eigenvalue weighted by Crippen LogP contribution is -2.22. The first-order valence-corrected chi connectivity index (χ1v) is 7.14. The first-order valence-electron chi connectivity index (χ1n) is 6.76. The van der Waals surface area contributed by atoms with E-state index in [-0.39, 0.29) is 6.29 Å². The van der Waals surface area contributed by atoms with E-state index in [1.807, 2.05) is 30.3 Å². The van der Waals surface area contributed by atoms with Gasteiger partial charge in [0.05, 0.1) is 11.6 Å². The fourth-order valence-electron chi connectivity index (χ4n) is 2.19. The molecule has 1 aromatic carbocycles. The largest absolute Gasteiger partial charge is 0.356 e. The molecule has 20 heavy (non-hydrogen) atoms. The minimum atomic E-state index is -0.121. The molecule has 1 fully saturated rings. The zero-order chi connectivity index (χ0) is 13.8. The summed E-state index contributed by atoms with van der Waals surface area (Å²) < 4.78 is 16.5. The summed E-state index contributed by atoms with van der Waals surface area (Å²) in [5.74, 6) is 0.652. The lowest BCUT2D eigenvalue weighted by Gasteiger charge is -2.21. The second kappa shape index (κ2) is 6.39. The molecule has 2 aromatic rings. The highest BCUT2D eigenvalue weighted by atomic mass is 35.5. The van der Waals surface area contributed by atoms with E-state index in [9.17, 15) is 0 Å². The van der Waals surface area contributed by atoms with Crippen molar-refractivity contribution in [3.05, 3.63) is 41.0 Å². The summed E-state index contributed by atoms with van der Waals surface area (Å²) in [5, 5.41) is 4.65. The van der Waals surface area contributed by atoms with Crippen molar-refractivity contribution in [2.75, 3.05) is 6.61 Å². The van der Waals surface area contributed by atoms with E-state index in [1.165, 1.54) is 0 Å². The van der Waals surface area contributed by atoms with Crippen molar-refractivity contribution in [3.8, 4) is 11.3 Å². The van der Waals surface area contributed by atoms with Gasteiger partial charge in [-0.25, -0.2) is 0 Å². The lowest BCUT2D eigenvalue weighted by atomic mass is 10.1. The highest BCUT2D eigenvalue weighted by Crippen LogP contribution is 2.28. The molecule has 5 heteroatoms. The molecule has 106 valence electrons. The molecule has 4 nitrogen and oxygen atoms in total. The van der Waals surface area contributed by atoms with Crippen LogP contribution in [0.2, 0.25) is 5.02 Å². The third-order valence-electron chi connectivity index (χ3n) is 3.25. The maximum Gasteiger partial charge on any atom is 0.168 e. The molecule has 2 heterocycles. The van der Waals surface area contributed by atoms with Crippen LogP contribution in [0.15, 0.2) is 34.9 Å². The van der Waals surface area contributed by atoms with Crippen molar-refractivity contribution in [2.24, 2.45) is 0 Å². The van der Waals surface area contributed by atoms with Gasteiger partial charge in [0.1, 0.15) is 5.69 Å². The van der Waals surface area contributed by atoms with E-state index >= 15 is 0 Å². The minimum Gasteiger partial charge on any atom is -0.356 e. The molecule has 0 spiro atoms. The van der Waals surface area contributed by atoms with Gasteiger partial charge in [0, 0.05) is 18.2 Å². The van der Waals surface area contributed by atoms with E-state index in [4.69, 9.17) is 25.6 Å². The molecule has 0 aliphatic carbocycles. The Morgan fingerprint density at radius 3 is 3.00 bits per heavy atom. The number of ether oxygens (including phenoxy) is 2. The van der Waals surface area contributed by atoms with E-state index in [1.54, 1.807) is 0 Å². The summed E-state index contributed by atoms with van der Waals surface area (Å²) in [4.78, 5) is 0. The third kappa shape index (κ3) is 3.20. The van der Waals surface area contributed by atoms with Gasteiger partial charge in [-0.1, -0.05) is 28.9 Å². The Morgan fingerprint density at radius 2 is 2.20 bits per heavy atom. The summed E-state index contributed by atoms with van der Waals surface area (Å²) in [6.45, 7) is 1.16. The molecule has 0 amide bonds. The van der Waals surface area contributed by atoms with Crippen molar-refractivity contribution in [2.45, 2.75) is 32.2 Å². The number of aromatic nitrogens is 1. The molecule has 1 saturated heterocycles. The summed E-state index contributed by atoms with van der Waals surface area (Å²) in [6, 6.07) is 9.37. The number of nitrogens with zero attached hydrogens (tertiary/aromatic N) is 1. The van der Waals surface area contributed by atoms with E-state index in [0.717, 1.165) is 37.1 Å². The molecule has 1 atom stereocenters. The zero-order valence-electron chi connectivity index (χ0n) is 11.0. The molecular weight excluding hydrogens is 278 g/mol. The van der Waals surface area contributed by atoms with Crippen molar-refractivity contribution >= 4 is 11.6 Å². The van der Waals surface area contributed by atoms with Crippen LogP contribution < -0.4 is 0 Å². The van der Waals surface area contributed by atoms with Gasteiger partial charge in [-0.3, -0.25) is 0 Å². The Kier molecular flexibility index (Phi) is 4.35. The van der Waals surface area contributed by atoms with Crippen LogP contribution >= 0.6 is 11.6 Å². The standard InChI is InChI=1S/C15H16ClNO3/c16-13-6-2-1-5-12(13)14-9-11(17-20-14)10-19-15-7-3-4-8-18-15/h1-2,5-6,9,15H,3-4,7-8,10H2.